The third-order valence-electron chi connectivity index (χ3n) is 4.81. The minimum atomic E-state index is 0. The van der Waals surface area contributed by atoms with Gasteiger partial charge in [-0.05, 0) is 29.7 Å². The van der Waals surface area contributed by atoms with Gasteiger partial charge in [0.05, 0.1) is 13.2 Å². The molecule has 0 radical (unpaired) electrons. The van der Waals surface area contributed by atoms with Crippen molar-refractivity contribution in [1.82, 2.24) is 15.5 Å². The van der Waals surface area contributed by atoms with Gasteiger partial charge in [-0.1, -0.05) is 24.3 Å². The predicted molar refractivity (Wildman–Crippen MR) is 122 cm³/mol. The number of nitrogens with one attached hydrogen (secondary N) is 2. The fourth-order valence-electron chi connectivity index (χ4n) is 3.30. The van der Waals surface area contributed by atoms with Crippen LogP contribution >= 0.6 is 35.7 Å². The molecule has 7 heteroatoms. The molecular formula is C19H31IN4OS. The fraction of sp³-hybridized carbons (Fsp3) is 0.632. The van der Waals surface area contributed by atoms with Crippen LogP contribution in [0, 0.1) is 0 Å². The average molecular weight is 490 g/mol. The van der Waals surface area contributed by atoms with Gasteiger partial charge < -0.3 is 15.4 Å². The highest BCUT2D eigenvalue weighted by atomic mass is 127. The number of benzene rings is 1. The lowest BCUT2D eigenvalue weighted by atomic mass is 10.1. The molecule has 0 amide bonds. The van der Waals surface area contributed by atoms with E-state index in [0.29, 0.717) is 0 Å². The van der Waals surface area contributed by atoms with Crippen LogP contribution in [0.5, 0.6) is 0 Å². The van der Waals surface area contributed by atoms with Crippen LogP contribution in [-0.4, -0.2) is 61.8 Å². The highest BCUT2D eigenvalue weighted by Crippen LogP contribution is 2.25. The molecule has 26 heavy (non-hydrogen) atoms. The zero-order valence-corrected chi connectivity index (χ0v) is 18.7. The molecule has 2 heterocycles. The molecule has 2 N–H and O–H groups in total. The number of halogens is 1. The average Bonchev–Trinajstić information content (AvgIpc) is 3.17. The van der Waals surface area contributed by atoms with Crippen molar-refractivity contribution in [3.05, 3.63) is 35.4 Å². The maximum absolute atomic E-state index is 5.45. The summed E-state index contributed by atoms with van der Waals surface area (Å²) in [6.07, 6.45) is 2.66. The second kappa shape index (κ2) is 12.0. The molecule has 3 rings (SSSR count). The molecular weight excluding hydrogens is 459 g/mol. The Kier molecular flexibility index (Phi) is 10.1. The maximum atomic E-state index is 5.45. The summed E-state index contributed by atoms with van der Waals surface area (Å²) in [6.45, 7) is 6.52. The molecule has 2 fully saturated rings. The Morgan fingerprint density at radius 1 is 1.23 bits per heavy atom. The zero-order valence-electron chi connectivity index (χ0n) is 15.6. The quantitative estimate of drug-likeness (QED) is 0.365. The van der Waals surface area contributed by atoms with E-state index in [1.165, 1.54) is 29.7 Å². The number of hydrogen-bond acceptors (Lipinski definition) is 4. The van der Waals surface area contributed by atoms with E-state index in [2.05, 4.69) is 56.6 Å². The summed E-state index contributed by atoms with van der Waals surface area (Å²) in [6, 6.07) is 8.69. The van der Waals surface area contributed by atoms with Gasteiger partial charge in [0.25, 0.3) is 0 Å². The SMILES string of the molecule is CN=C(NCc1ccccc1CN1CCOCC1)NCC1CCCS1.I. The van der Waals surface area contributed by atoms with Crippen LogP contribution in [-0.2, 0) is 17.8 Å². The molecule has 5 nitrogen and oxygen atoms in total. The first-order valence-electron chi connectivity index (χ1n) is 9.28. The number of aliphatic imine (C=N–C) groups is 1. The highest BCUT2D eigenvalue weighted by molar-refractivity contribution is 14.0. The van der Waals surface area contributed by atoms with Gasteiger partial charge in [-0.25, -0.2) is 0 Å². The highest BCUT2D eigenvalue weighted by Gasteiger charge is 2.16. The van der Waals surface area contributed by atoms with Gasteiger partial charge in [-0.15, -0.1) is 24.0 Å². The van der Waals surface area contributed by atoms with E-state index in [1.54, 1.807) is 0 Å². The predicted octanol–water partition coefficient (Wildman–Crippen LogP) is 2.70. The van der Waals surface area contributed by atoms with Crippen LogP contribution in [0.2, 0.25) is 0 Å². The van der Waals surface area contributed by atoms with Crippen molar-refractivity contribution in [1.29, 1.82) is 0 Å². The molecule has 1 aromatic carbocycles. The summed E-state index contributed by atoms with van der Waals surface area (Å²) in [5, 5.41) is 7.68. The van der Waals surface area contributed by atoms with Crippen molar-refractivity contribution in [2.75, 3.05) is 45.6 Å². The van der Waals surface area contributed by atoms with Crippen LogP contribution < -0.4 is 10.6 Å². The standard InChI is InChI=1S/C19H30N4OS.HI/c1-20-19(22-14-18-7-4-12-25-18)21-13-16-5-2-3-6-17(16)15-23-8-10-24-11-9-23;/h2-3,5-6,18H,4,7-15H2,1H3,(H2,20,21,22);1H. The third kappa shape index (κ3) is 6.90. The second-order valence-corrected chi connectivity index (χ2v) is 8.01. The van der Waals surface area contributed by atoms with Crippen molar-refractivity contribution in [2.24, 2.45) is 4.99 Å². The first kappa shape index (κ1) is 21.8. The molecule has 146 valence electrons. The van der Waals surface area contributed by atoms with Crippen LogP contribution in [0.1, 0.15) is 24.0 Å². The van der Waals surface area contributed by atoms with E-state index in [9.17, 15) is 0 Å². The number of hydrogen-bond donors (Lipinski definition) is 2. The Labute approximate surface area is 178 Å². The van der Waals surface area contributed by atoms with E-state index >= 15 is 0 Å². The molecule has 2 aliphatic heterocycles. The lowest BCUT2D eigenvalue weighted by Crippen LogP contribution is -2.40. The molecule has 2 aliphatic rings. The van der Waals surface area contributed by atoms with Crippen LogP contribution in [0.15, 0.2) is 29.3 Å². The summed E-state index contributed by atoms with van der Waals surface area (Å²) >= 11 is 2.07. The van der Waals surface area contributed by atoms with E-state index in [4.69, 9.17) is 4.74 Å². The van der Waals surface area contributed by atoms with Crippen molar-refractivity contribution in [3.8, 4) is 0 Å². The molecule has 0 spiro atoms. The van der Waals surface area contributed by atoms with Crippen LogP contribution in [0.4, 0.5) is 0 Å². The van der Waals surface area contributed by atoms with Crippen molar-refractivity contribution in [2.45, 2.75) is 31.2 Å². The summed E-state index contributed by atoms with van der Waals surface area (Å²) in [7, 11) is 1.84. The topological polar surface area (TPSA) is 48.9 Å². The smallest absolute Gasteiger partial charge is 0.191 e. The van der Waals surface area contributed by atoms with E-state index in [1.807, 2.05) is 7.05 Å². The normalized spacial score (nSPS) is 21.3. The van der Waals surface area contributed by atoms with Gasteiger partial charge in [0, 0.05) is 45.0 Å². The fourth-order valence-corrected chi connectivity index (χ4v) is 4.50. The Morgan fingerprint density at radius 2 is 2.00 bits per heavy atom. The lowest BCUT2D eigenvalue weighted by Gasteiger charge is -2.27. The first-order chi connectivity index (χ1) is 12.3. The number of morpholine rings is 1. The molecule has 0 aromatic heterocycles. The van der Waals surface area contributed by atoms with E-state index in [0.717, 1.165) is 57.1 Å². The number of thioether (sulfide) groups is 1. The zero-order chi connectivity index (χ0) is 17.3. The molecule has 1 atom stereocenters. The van der Waals surface area contributed by atoms with Crippen LogP contribution in [0.3, 0.4) is 0 Å². The van der Waals surface area contributed by atoms with Gasteiger partial charge in [-0.3, -0.25) is 9.89 Å². The van der Waals surface area contributed by atoms with Crippen molar-refractivity contribution >= 4 is 41.7 Å². The molecule has 0 bridgehead atoms. The lowest BCUT2D eigenvalue weighted by molar-refractivity contribution is 0.0341. The number of guanidine groups is 1. The molecule has 2 saturated heterocycles. The number of ether oxygens (including phenoxy) is 1. The number of nitrogens with zero attached hydrogens (tertiary/aromatic N) is 2. The van der Waals surface area contributed by atoms with E-state index < -0.39 is 0 Å². The largest absolute Gasteiger partial charge is 0.379 e. The van der Waals surface area contributed by atoms with Crippen molar-refractivity contribution in [3.63, 3.8) is 0 Å². The summed E-state index contributed by atoms with van der Waals surface area (Å²) in [5.74, 6) is 2.20. The summed E-state index contributed by atoms with van der Waals surface area (Å²) in [5.41, 5.74) is 2.73. The van der Waals surface area contributed by atoms with Gasteiger partial charge in [0.15, 0.2) is 5.96 Å². The first-order valence-corrected chi connectivity index (χ1v) is 10.3. The summed E-state index contributed by atoms with van der Waals surface area (Å²) in [4.78, 5) is 6.83. The van der Waals surface area contributed by atoms with Gasteiger partial charge in [0.1, 0.15) is 0 Å². The third-order valence-corrected chi connectivity index (χ3v) is 6.21. The van der Waals surface area contributed by atoms with E-state index in [-0.39, 0.29) is 24.0 Å². The minimum Gasteiger partial charge on any atom is -0.379 e. The van der Waals surface area contributed by atoms with Gasteiger partial charge in [0.2, 0.25) is 0 Å². The minimum absolute atomic E-state index is 0. The Bertz CT molecular complexity index is 560. The van der Waals surface area contributed by atoms with Gasteiger partial charge >= 0.3 is 0 Å². The Balaban J connectivity index is 0.00000243. The monoisotopic (exact) mass is 490 g/mol. The Morgan fingerprint density at radius 3 is 2.69 bits per heavy atom. The molecule has 0 aliphatic carbocycles. The van der Waals surface area contributed by atoms with Crippen molar-refractivity contribution < 1.29 is 4.74 Å². The second-order valence-electron chi connectivity index (χ2n) is 6.60. The van der Waals surface area contributed by atoms with Crippen LogP contribution in [0.25, 0.3) is 0 Å². The van der Waals surface area contributed by atoms with Gasteiger partial charge in [-0.2, -0.15) is 11.8 Å². The Hall–Kier alpha value is -0.510. The molecule has 1 unspecified atom stereocenters. The maximum Gasteiger partial charge on any atom is 0.191 e. The number of rotatable bonds is 6. The molecule has 1 aromatic rings. The molecule has 0 saturated carbocycles. The summed E-state index contributed by atoms with van der Waals surface area (Å²) < 4.78 is 5.45.